The number of hydrogen-bond donors (Lipinski definition) is 1. The third kappa shape index (κ3) is 3.17. The molecule has 28 heavy (non-hydrogen) atoms. The molecule has 5 heteroatoms. The van der Waals surface area contributed by atoms with Gasteiger partial charge in [0.1, 0.15) is 6.04 Å². The number of rotatable bonds is 5. The van der Waals surface area contributed by atoms with E-state index in [1.54, 1.807) is 11.8 Å². The molecular formula is C23H25N3O2. The zero-order valence-corrected chi connectivity index (χ0v) is 16.5. The molecule has 0 bridgehead atoms. The topological polar surface area (TPSA) is 54.3 Å². The minimum Gasteiger partial charge on any atom is -0.347 e. The highest BCUT2D eigenvalue weighted by molar-refractivity contribution is 6.06. The van der Waals surface area contributed by atoms with E-state index in [9.17, 15) is 9.59 Å². The highest BCUT2D eigenvalue weighted by Crippen LogP contribution is 2.27. The molecule has 1 atom stereocenters. The van der Waals surface area contributed by atoms with Crippen molar-refractivity contribution in [3.8, 4) is 0 Å². The van der Waals surface area contributed by atoms with E-state index in [4.69, 9.17) is 0 Å². The van der Waals surface area contributed by atoms with Crippen LogP contribution in [0.15, 0.2) is 54.7 Å². The van der Waals surface area contributed by atoms with Crippen LogP contribution in [0.3, 0.4) is 0 Å². The lowest BCUT2D eigenvalue weighted by Crippen LogP contribution is -2.42. The summed E-state index contributed by atoms with van der Waals surface area (Å²) in [5.74, 6) is 0.279. The maximum Gasteiger partial charge on any atom is 0.255 e. The summed E-state index contributed by atoms with van der Waals surface area (Å²) in [6, 6.07) is 15.0. The van der Waals surface area contributed by atoms with E-state index in [2.05, 4.69) is 36.0 Å². The number of amides is 2. The van der Waals surface area contributed by atoms with Crippen LogP contribution in [0.4, 0.5) is 5.69 Å². The number of nitrogens with zero attached hydrogens (tertiary/aromatic N) is 2. The van der Waals surface area contributed by atoms with E-state index in [0.29, 0.717) is 18.0 Å². The summed E-state index contributed by atoms with van der Waals surface area (Å²) < 4.78 is 2.21. The predicted octanol–water partition coefficient (Wildman–Crippen LogP) is 4.28. The summed E-state index contributed by atoms with van der Waals surface area (Å²) in [4.78, 5) is 27.2. The van der Waals surface area contributed by atoms with Crippen LogP contribution in [0.2, 0.25) is 0 Å². The normalized spacial score (nSPS) is 14.6. The van der Waals surface area contributed by atoms with Gasteiger partial charge in [-0.3, -0.25) is 9.59 Å². The summed E-state index contributed by atoms with van der Waals surface area (Å²) in [5, 5.41) is 4.04. The number of fused-ring (bicyclic) bond motifs is 2. The second-order valence-electron chi connectivity index (χ2n) is 7.86. The lowest BCUT2D eigenvalue weighted by atomic mass is 10.1. The molecule has 0 saturated heterocycles. The lowest BCUT2D eigenvalue weighted by Gasteiger charge is -2.23. The van der Waals surface area contributed by atoms with Gasteiger partial charge in [0.25, 0.3) is 5.91 Å². The molecule has 1 N–H and O–H groups in total. The van der Waals surface area contributed by atoms with E-state index in [-0.39, 0.29) is 11.8 Å². The first-order chi connectivity index (χ1) is 13.5. The van der Waals surface area contributed by atoms with Gasteiger partial charge in [0.15, 0.2) is 0 Å². The van der Waals surface area contributed by atoms with Gasteiger partial charge >= 0.3 is 0 Å². The Bertz CT molecular complexity index is 1050. The molecule has 4 rings (SSSR count). The number of benzene rings is 2. The standard InChI is InChI=1S/C23H25N3O2/c1-15(2)13-25-12-11-19-20(9-6-10-21(19)25)24-22(27)16(3)26-14-17-7-4-5-8-18(17)23(26)28/h4-12,15-16H,13-14H2,1-3H3,(H,24,27)/t16-/m1/s1. The van der Waals surface area contributed by atoms with E-state index in [1.807, 2.05) is 42.5 Å². The Morgan fingerprint density at radius 1 is 1.07 bits per heavy atom. The number of carbonyl (C=O) groups is 2. The zero-order chi connectivity index (χ0) is 19.8. The summed E-state index contributed by atoms with van der Waals surface area (Å²) >= 11 is 0. The van der Waals surface area contributed by atoms with Crippen molar-refractivity contribution in [2.75, 3.05) is 5.32 Å². The average Bonchev–Trinajstić information content (AvgIpc) is 3.23. The number of aromatic nitrogens is 1. The molecule has 0 unspecified atom stereocenters. The Balaban J connectivity index is 1.54. The van der Waals surface area contributed by atoms with Crippen LogP contribution in [0.5, 0.6) is 0 Å². The van der Waals surface area contributed by atoms with Gasteiger partial charge in [0.05, 0.1) is 11.2 Å². The minimum atomic E-state index is -0.548. The van der Waals surface area contributed by atoms with Gasteiger partial charge in [0.2, 0.25) is 5.91 Å². The molecule has 5 nitrogen and oxygen atoms in total. The van der Waals surface area contributed by atoms with Crippen molar-refractivity contribution >= 4 is 28.4 Å². The second kappa shape index (κ2) is 7.15. The predicted molar refractivity (Wildman–Crippen MR) is 111 cm³/mol. The van der Waals surface area contributed by atoms with Crippen LogP contribution in [-0.4, -0.2) is 27.3 Å². The van der Waals surface area contributed by atoms with Crippen molar-refractivity contribution < 1.29 is 9.59 Å². The minimum absolute atomic E-state index is 0.0838. The molecular weight excluding hydrogens is 350 g/mol. The van der Waals surface area contributed by atoms with Crippen LogP contribution in [-0.2, 0) is 17.9 Å². The maximum atomic E-state index is 12.9. The van der Waals surface area contributed by atoms with Crippen molar-refractivity contribution in [2.45, 2.75) is 39.9 Å². The van der Waals surface area contributed by atoms with Crippen LogP contribution < -0.4 is 5.32 Å². The van der Waals surface area contributed by atoms with E-state index in [1.165, 1.54) is 0 Å². The summed E-state index contributed by atoms with van der Waals surface area (Å²) in [6.45, 7) is 7.55. The fourth-order valence-electron chi connectivity index (χ4n) is 3.85. The number of carbonyl (C=O) groups excluding carboxylic acids is 2. The van der Waals surface area contributed by atoms with E-state index < -0.39 is 6.04 Å². The first kappa shape index (κ1) is 18.3. The summed E-state index contributed by atoms with van der Waals surface area (Å²) in [7, 11) is 0. The van der Waals surface area contributed by atoms with Crippen LogP contribution in [0.1, 0.15) is 36.7 Å². The van der Waals surface area contributed by atoms with Crippen LogP contribution >= 0.6 is 0 Å². The van der Waals surface area contributed by atoms with Gasteiger partial charge in [-0.1, -0.05) is 38.1 Å². The van der Waals surface area contributed by atoms with Gasteiger partial charge in [-0.15, -0.1) is 0 Å². The highest BCUT2D eigenvalue weighted by Gasteiger charge is 2.33. The molecule has 0 radical (unpaired) electrons. The van der Waals surface area contributed by atoms with E-state index >= 15 is 0 Å². The largest absolute Gasteiger partial charge is 0.347 e. The summed E-state index contributed by atoms with van der Waals surface area (Å²) in [5.41, 5.74) is 3.54. The Kier molecular flexibility index (Phi) is 4.67. The van der Waals surface area contributed by atoms with Crippen molar-refractivity contribution in [1.82, 2.24) is 9.47 Å². The molecule has 144 valence electrons. The number of hydrogen-bond acceptors (Lipinski definition) is 2. The van der Waals surface area contributed by atoms with Crippen molar-refractivity contribution in [2.24, 2.45) is 5.92 Å². The molecule has 0 aliphatic carbocycles. The monoisotopic (exact) mass is 375 g/mol. The molecule has 0 spiro atoms. The van der Waals surface area contributed by atoms with Gasteiger partial charge in [-0.2, -0.15) is 0 Å². The Morgan fingerprint density at radius 3 is 2.61 bits per heavy atom. The number of anilines is 1. The second-order valence-corrected chi connectivity index (χ2v) is 7.86. The molecule has 2 heterocycles. The fraction of sp³-hybridized carbons (Fsp3) is 0.304. The Hall–Kier alpha value is -3.08. The quantitative estimate of drug-likeness (QED) is 0.724. The van der Waals surface area contributed by atoms with Gasteiger partial charge in [-0.05, 0) is 42.7 Å². The maximum absolute atomic E-state index is 12.9. The Labute approximate surface area is 165 Å². The van der Waals surface area contributed by atoms with E-state index in [0.717, 1.165) is 28.7 Å². The molecule has 1 aliphatic rings. The molecule has 2 aromatic carbocycles. The third-order valence-corrected chi connectivity index (χ3v) is 5.33. The SMILES string of the molecule is CC(C)Cn1ccc2c(NC(=O)[C@@H](C)N3Cc4ccccc4C3=O)cccc21. The first-order valence-electron chi connectivity index (χ1n) is 9.73. The molecule has 0 fully saturated rings. The Morgan fingerprint density at radius 2 is 1.86 bits per heavy atom. The van der Waals surface area contributed by atoms with Crippen molar-refractivity contribution in [3.05, 3.63) is 65.9 Å². The van der Waals surface area contributed by atoms with Crippen LogP contribution in [0, 0.1) is 5.92 Å². The van der Waals surface area contributed by atoms with Gasteiger partial charge in [0, 0.05) is 30.2 Å². The van der Waals surface area contributed by atoms with Crippen LogP contribution in [0.25, 0.3) is 10.9 Å². The molecule has 1 aromatic heterocycles. The molecule has 2 amide bonds. The van der Waals surface area contributed by atoms with Gasteiger partial charge < -0.3 is 14.8 Å². The highest BCUT2D eigenvalue weighted by atomic mass is 16.2. The van der Waals surface area contributed by atoms with Crippen molar-refractivity contribution in [1.29, 1.82) is 0 Å². The molecule has 3 aromatic rings. The third-order valence-electron chi connectivity index (χ3n) is 5.33. The van der Waals surface area contributed by atoms with Crippen molar-refractivity contribution in [3.63, 3.8) is 0 Å². The first-order valence-corrected chi connectivity index (χ1v) is 9.73. The summed E-state index contributed by atoms with van der Waals surface area (Å²) in [6.07, 6.45) is 2.06. The average molecular weight is 375 g/mol. The fourth-order valence-corrected chi connectivity index (χ4v) is 3.85. The zero-order valence-electron chi connectivity index (χ0n) is 16.5. The van der Waals surface area contributed by atoms with Gasteiger partial charge in [-0.25, -0.2) is 0 Å². The lowest BCUT2D eigenvalue weighted by molar-refractivity contribution is -0.120. The smallest absolute Gasteiger partial charge is 0.255 e. The number of nitrogens with one attached hydrogen (secondary N) is 1. The molecule has 0 saturated carbocycles. The molecule has 1 aliphatic heterocycles.